The third-order valence-corrected chi connectivity index (χ3v) is 2.79. The molecule has 0 saturated carbocycles. The van der Waals surface area contributed by atoms with Gasteiger partial charge in [0.15, 0.2) is 5.78 Å². The molecule has 2 aromatic rings. The Hall–Kier alpha value is -1.94. The van der Waals surface area contributed by atoms with Gasteiger partial charge >= 0.3 is 0 Å². The van der Waals surface area contributed by atoms with Crippen molar-refractivity contribution in [1.82, 2.24) is 4.98 Å². The number of benzene rings is 1. The second kappa shape index (κ2) is 6.12. The molecule has 1 N–H and O–H groups in total. The molecule has 3 nitrogen and oxygen atoms in total. The van der Waals surface area contributed by atoms with E-state index in [-0.39, 0.29) is 5.78 Å². The molecule has 0 bridgehead atoms. The Labute approximate surface area is 114 Å². The van der Waals surface area contributed by atoms with Crippen molar-refractivity contribution in [2.75, 3.05) is 5.32 Å². The van der Waals surface area contributed by atoms with Gasteiger partial charge < -0.3 is 5.32 Å². The zero-order valence-electron chi connectivity index (χ0n) is 9.51. The lowest BCUT2D eigenvalue weighted by atomic mass is 10.1. The zero-order valence-corrected chi connectivity index (χ0v) is 11.1. The predicted molar refractivity (Wildman–Crippen MR) is 75.5 cm³/mol. The molecular formula is C14H11BrN2O. The van der Waals surface area contributed by atoms with E-state index in [2.05, 4.69) is 26.2 Å². The molecule has 0 fully saturated rings. The fourth-order valence-corrected chi connectivity index (χ4v) is 1.63. The zero-order chi connectivity index (χ0) is 12.8. The number of nitrogens with one attached hydrogen (secondary N) is 1. The van der Waals surface area contributed by atoms with Gasteiger partial charge in [-0.25, -0.2) is 4.98 Å². The highest BCUT2D eigenvalue weighted by Gasteiger charge is 2.00. The number of halogens is 1. The van der Waals surface area contributed by atoms with Crippen LogP contribution in [0, 0.1) is 0 Å². The number of carbonyl (C=O) groups is 1. The number of aromatic nitrogens is 1. The van der Waals surface area contributed by atoms with Gasteiger partial charge in [-0.1, -0.05) is 22.0 Å². The average Bonchev–Trinajstić information content (AvgIpc) is 2.40. The number of hydrogen-bond donors (Lipinski definition) is 1. The molecule has 0 aliphatic carbocycles. The van der Waals surface area contributed by atoms with Gasteiger partial charge in [0.1, 0.15) is 5.82 Å². The number of rotatable bonds is 4. The van der Waals surface area contributed by atoms with Crippen molar-refractivity contribution >= 4 is 27.5 Å². The van der Waals surface area contributed by atoms with Gasteiger partial charge in [0, 0.05) is 28.5 Å². The van der Waals surface area contributed by atoms with Crippen LogP contribution >= 0.6 is 15.9 Å². The molecule has 4 heteroatoms. The Kier molecular flexibility index (Phi) is 4.25. The van der Waals surface area contributed by atoms with E-state index in [1.165, 1.54) is 6.08 Å². The molecular weight excluding hydrogens is 292 g/mol. The van der Waals surface area contributed by atoms with Crippen LogP contribution in [0.5, 0.6) is 0 Å². The summed E-state index contributed by atoms with van der Waals surface area (Å²) in [5.74, 6) is 0.656. The van der Waals surface area contributed by atoms with Gasteiger partial charge in [-0.15, -0.1) is 0 Å². The Morgan fingerprint density at radius 2 is 1.94 bits per heavy atom. The van der Waals surface area contributed by atoms with Gasteiger partial charge in [0.05, 0.1) is 0 Å². The summed E-state index contributed by atoms with van der Waals surface area (Å²) >= 11 is 3.33. The van der Waals surface area contributed by atoms with E-state index in [0.29, 0.717) is 11.4 Å². The second-order valence-electron chi connectivity index (χ2n) is 3.56. The first-order valence-electron chi connectivity index (χ1n) is 5.40. The van der Waals surface area contributed by atoms with Crippen molar-refractivity contribution in [3.8, 4) is 0 Å². The third kappa shape index (κ3) is 3.53. The molecule has 0 radical (unpaired) electrons. The minimum Gasteiger partial charge on any atom is -0.347 e. The Balaban J connectivity index is 1.97. The van der Waals surface area contributed by atoms with Crippen molar-refractivity contribution in [3.63, 3.8) is 0 Å². The van der Waals surface area contributed by atoms with Gasteiger partial charge in [-0.3, -0.25) is 4.79 Å². The molecule has 0 unspecified atom stereocenters. The maximum Gasteiger partial charge on any atom is 0.187 e. The topological polar surface area (TPSA) is 42.0 Å². The molecule has 0 amide bonds. The van der Waals surface area contributed by atoms with Crippen molar-refractivity contribution in [2.45, 2.75) is 0 Å². The highest BCUT2D eigenvalue weighted by molar-refractivity contribution is 9.10. The van der Waals surface area contributed by atoms with Crippen LogP contribution in [0.15, 0.2) is 65.4 Å². The first-order chi connectivity index (χ1) is 8.75. The summed E-state index contributed by atoms with van der Waals surface area (Å²) in [5, 5.41) is 2.93. The SMILES string of the molecule is O=C(C=CNc1ccccn1)c1ccc(Br)cc1. The number of hydrogen-bond acceptors (Lipinski definition) is 3. The summed E-state index contributed by atoms with van der Waals surface area (Å²) in [5.41, 5.74) is 0.650. The minimum atomic E-state index is -0.0501. The van der Waals surface area contributed by atoms with Crippen LogP contribution in [0.2, 0.25) is 0 Å². The molecule has 0 aliphatic rings. The first-order valence-corrected chi connectivity index (χ1v) is 6.19. The fourth-order valence-electron chi connectivity index (χ4n) is 1.36. The standard InChI is InChI=1S/C14H11BrN2O/c15-12-6-4-11(5-7-12)13(18)8-10-17-14-3-1-2-9-16-14/h1-10H,(H,16,17). The molecule has 2 rings (SSSR count). The Morgan fingerprint density at radius 3 is 2.61 bits per heavy atom. The molecule has 1 aromatic heterocycles. The molecule has 18 heavy (non-hydrogen) atoms. The Morgan fingerprint density at radius 1 is 1.17 bits per heavy atom. The molecule has 1 heterocycles. The lowest BCUT2D eigenvalue weighted by Crippen LogP contribution is -1.96. The van der Waals surface area contributed by atoms with Crippen LogP contribution in [-0.4, -0.2) is 10.8 Å². The smallest absolute Gasteiger partial charge is 0.187 e. The average molecular weight is 303 g/mol. The molecule has 1 aromatic carbocycles. The van der Waals surface area contributed by atoms with Gasteiger partial charge in [-0.2, -0.15) is 0 Å². The second-order valence-corrected chi connectivity index (χ2v) is 4.48. The van der Waals surface area contributed by atoms with E-state index in [1.807, 2.05) is 30.3 Å². The number of allylic oxidation sites excluding steroid dienone is 1. The maximum absolute atomic E-state index is 11.8. The predicted octanol–water partition coefficient (Wildman–Crippen LogP) is 3.65. The monoisotopic (exact) mass is 302 g/mol. The number of carbonyl (C=O) groups excluding carboxylic acids is 1. The highest BCUT2D eigenvalue weighted by Crippen LogP contribution is 2.11. The molecule has 0 saturated heterocycles. The minimum absolute atomic E-state index is 0.0501. The van der Waals surface area contributed by atoms with E-state index in [9.17, 15) is 4.79 Å². The lowest BCUT2D eigenvalue weighted by molar-refractivity contribution is 0.104. The summed E-state index contributed by atoms with van der Waals surface area (Å²) in [6.07, 6.45) is 4.76. The van der Waals surface area contributed by atoms with E-state index < -0.39 is 0 Å². The number of anilines is 1. The number of nitrogens with zero attached hydrogens (tertiary/aromatic N) is 1. The summed E-state index contributed by atoms with van der Waals surface area (Å²) < 4.78 is 0.953. The summed E-state index contributed by atoms with van der Waals surface area (Å²) in [6, 6.07) is 12.8. The highest BCUT2D eigenvalue weighted by atomic mass is 79.9. The van der Waals surface area contributed by atoms with Crippen molar-refractivity contribution in [3.05, 3.63) is 71.0 Å². The normalized spacial score (nSPS) is 10.5. The molecule has 0 spiro atoms. The van der Waals surface area contributed by atoms with Crippen molar-refractivity contribution in [1.29, 1.82) is 0 Å². The summed E-state index contributed by atoms with van der Waals surface area (Å²) in [6.45, 7) is 0. The lowest BCUT2D eigenvalue weighted by Gasteiger charge is -1.98. The molecule has 90 valence electrons. The number of ketones is 1. The quantitative estimate of drug-likeness (QED) is 0.692. The van der Waals surface area contributed by atoms with E-state index in [4.69, 9.17) is 0 Å². The van der Waals surface area contributed by atoms with E-state index >= 15 is 0 Å². The van der Waals surface area contributed by atoms with Gasteiger partial charge in [0.2, 0.25) is 0 Å². The van der Waals surface area contributed by atoms with Crippen molar-refractivity contribution < 1.29 is 4.79 Å². The van der Waals surface area contributed by atoms with E-state index in [0.717, 1.165) is 4.47 Å². The Bertz CT molecular complexity index is 550. The van der Waals surface area contributed by atoms with Gasteiger partial charge in [-0.05, 0) is 36.4 Å². The maximum atomic E-state index is 11.8. The molecule has 0 aliphatic heterocycles. The third-order valence-electron chi connectivity index (χ3n) is 2.26. The number of pyridine rings is 1. The largest absolute Gasteiger partial charge is 0.347 e. The van der Waals surface area contributed by atoms with Crippen molar-refractivity contribution in [2.24, 2.45) is 0 Å². The fraction of sp³-hybridized carbons (Fsp3) is 0. The first kappa shape index (κ1) is 12.5. The van der Waals surface area contributed by atoms with E-state index in [1.54, 1.807) is 24.5 Å². The van der Waals surface area contributed by atoms with Crippen LogP contribution in [0.4, 0.5) is 5.82 Å². The van der Waals surface area contributed by atoms with Crippen LogP contribution < -0.4 is 5.32 Å². The van der Waals surface area contributed by atoms with Crippen LogP contribution in [0.1, 0.15) is 10.4 Å². The van der Waals surface area contributed by atoms with Crippen LogP contribution in [-0.2, 0) is 0 Å². The van der Waals surface area contributed by atoms with Crippen LogP contribution in [0.3, 0.4) is 0 Å². The van der Waals surface area contributed by atoms with Crippen LogP contribution in [0.25, 0.3) is 0 Å². The van der Waals surface area contributed by atoms with Gasteiger partial charge in [0.25, 0.3) is 0 Å². The molecule has 0 atom stereocenters. The summed E-state index contributed by atoms with van der Waals surface area (Å²) in [7, 11) is 0. The summed E-state index contributed by atoms with van der Waals surface area (Å²) in [4.78, 5) is 15.9.